The molecule has 96 valence electrons. The van der Waals surface area contributed by atoms with Crippen LogP contribution in [0.2, 0.25) is 0 Å². The molecular formula is C16H26O. The fourth-order valence-corrected chi connectivity index (χ4v) is 1.75. The van der Waals surface area contributed by atoms with Crippen molar-refractivity contribution in [3.8, 4) is 5.75 Å². The van der Waals surface area contributed by atoms with E-state index in [1.165, 1.54) is 18.4 Å². The van der Waals surface area contributed by atoms with Gasteiger partial charge in [-0.1, -0.05) is 52.7 Å². The summed E-state index contributed by atoms with van der Waals surface area (Å²) in [5.74, 6) is 0.997. The number of rotatable bonds is 7. The molecule has 0 unspecified atom stereocenters. The van der Waals surface area contributed by atoms with E-state index in [1.807, 2.05) is 0 Å². The van der Waals surface area contributed by atoms with Crippen molar-refractivity contribution in [3.05, 3.63) is 29.8 Å². The normalized spacial score (nSPS) is 11.5. The van der Waals surface area contributed by atoms with Crippen LogP contribution in [-0.2, 0) is 5.41 Å². The zero-order valence-electron chi connectivity index (χ0n) is 11.8. The summed E-state index contributed by atoms with van der Waals surface area (Å²) < 4.78 is 5.71. The van der Waals surface area contributed by atoms with Crippen LogP contribution in [0.3, 0.4) is 0 Å². The fraction of sp³-hybridized carbons (Fsp3) is 0.625. The zero-order valence-corrected chi connectivity index (χ0v) is 11.8. The fourth-order valence-electron chi connectivity index (χ4n) is 1.75. The average Bonchev–Trinajstić information content (AvgIpc) is 2.35. The zero-order chi connectivity index (χ0) is 12.7. The number of ether oxygens (including phenoxy) is 1. The molecule has 0 fully saturated rings. The summed E-state index contributed by atoms with van der Waals surface area (Å²) >= 11 is 0. The summed E-state index contributed by atoms with van der Waals surface area (Å²) in [5, 5.41) is 0. The van der Waals surface area contributed by atoms with Crippen molar-refractivity contribution in [2.24, 2.45) is 0 Å². The summed E-state index contributed by atoms with van der Waals surface area (Å²) in [5.41, 5.74) is 1.65. The van der Waals surface area contributed by atoms with Crippen LogP contribution in [0.4, 0.5) is 0 Å². The van der Waals surface area contributed by atoms with Gasteiger partial charge in [0.05, 0.1) is 6.61 Å². The van der Waals surface area contributed by atoms with Crippen LogP contribution in [0.15, 0.2) is 24.3 Å². The Labute approximate surface area is 106 Å². The van der Waals surface area contributed by atoms with Gasteiger partial charge < -0.3 is 4.74 Å². The Hall–Kier alpha value is -0.980. The molecule has 1 nitrogen and oxygen atoms in total. The van der Waals surface area contributed by atoms with Gasteiger partial charge in [-0.05, 0) is 36.0 Å². The lowest BCUT2D eigenvalue weighted by Gasteiger charge is -2.23. The van der Waals surface area contributed by atoms with Crippen LogP contribution in [0.5, 0.6) is 5.75 Å². The Bertz CT molecular complexity index is 311. The molecule has 1 aromatic carbocycles. The first-order valence-corrected chi connectivity index (χ1v) is 6.83. The van der Waals surface area contributed by atoms with E-state index < -0.39 is 0 Å². The Morgan fingerprint density at radius 2 is 1.65 bits per heavy atom. The van der Waals surface area contributed by atoms with Crippen LogP contribution in [0.1, 0.15) is 58.9 Å². The second-order valence-corrected chi connectivity index (χ2v) is 5.32. The number of benzene rings is 1. The average molecular weight is 234 g/mol. The Kier molecular flexibility index (Phi) is 5.54. The van der Waals surface area contributed by atoms with Gasteiger partial charge in [-0.3, -0.25) is 0 Å². The molecule has 0 N–H and O–H groups in total. The third kappa shape index (κ3) is 4.41. The second-order valence-electron chi connectivity index (χ2n) is 5.32. The molecule has 0 saturated heterocycles. The van der Waals surface area contributed by atoms with E-state index in [0.29, 0.717) is 0 Å². The van der Waals surface area contributed by atoms with Crippen molar-refractivity contribution < 1.29 is 4.74 Å². The molecule has 0 aliphatic carbocycles. The molecule has 0 aromatic heterocycles. The lowest BCUT2D eigenvalue weighted by Crippen LogP contribution is -2.15. The van der Waals surface area contributed by atoms with E-state index >= 15 is 0 Å². The van der Waals surface area contributed by atoms with Gasteiger partial charge in [0.1, 0.15) is 5.75 Å². The number of unbranched alkanes of at least 4 members (excludes halogenated alkanes) is 2. The lowest BCUT2D eigenvalue weighted by molar-refractivity contribution is 0.306. The van der Waals surface area contributed by atoms with E-state index in [-0.39, 0.29) is 5.41 Å². The maximum Gasteiger partial charge on any atom is 0.119 e. The van der Waals surface area contributed by atoms with Crippen LogP contribution < -0.4 is 4.74 Å². The summed E-state index contributed by atoms with van der Waals surface area (Å²) in [6, 6.07) is 8.58. The molecule has 0 bridgehead atoms. The highest BCUT2D eigenvalue weighted by Crippen LogP contribution is 2.28. The molecule has 0 saturated carbocycles. The summed E-state index contributed by atoms with van der Waals surface area (Å²) in [6.45, 7) is 9.84. The van der Waals surface area contributed by atoms with Crippen LogP contribution in [-0.4, -0.2) is 6.61 Å². The predicted octanol–water partition coefficient (Wildman–Crippen LogP) is 4.94. The quantitative estimate of drug-likeness (QED) is 0.607. The van der Waals surface area contributed by atoms with E-state index in [4.69, 9.17) is 4.74 Å². The summed E-state index contributed by atoms with van der Waals surface area (Å²) in [7, 11) is 0. The molecule has 0 aliphatic rings. The molecule has 0 aliphatic heterocycles. The Morgan fingerprint density at radius 1 is 1.00 bits per heavy atom. The van der Waals surface area contributed by atoms with Gasteiger partial charge in [-0.25, -0.2) is 0 Å². The van der Waals surface area contributed by atoms with Crippen LogP contribution in [0.25, 0.3) is 0 Å². The smallest absolute Gasteiger partial charge is 0.119 e. The first-order valence-electron chi connectivity index (χ1n) is 6.83. The maximum atomic E-state index is 5.71. The minimum atomic E-state index is 0.265. The minimum absolute atomic E-state index is 0.265. The molecule has 0 radical (unpaired) electrons. The van der Waals surface area contributed by atoms with Crippen molar-refractivity contribution in [2.45, 2.75) is 58.8 Å². The van der Waals surface area contributed by atoms with Gasteiger partial charge in [-0.15, -0.1) is 0 Å². The standard InChI is InChI=1S/C16H26O/c1-5-7-8-13-17-15-11-9-14(10-12-15)16(3,4)6-2/h9-12H,5-8,13H2,1-4H3. The Balaban J connectivity index is 2.50. The third-order valence-electron chi connectivity index (χ3n) is 3.54. The molecule has 0 atom stereocenters. The van der Waals surface area contributed by atoms with Crippen molar-refractivity contribution in [1.29, 1.82) is 0 Å². The molecule has 0 heterocycles. The molecule has 1 aromatic rings. The highest BCUT2D eigenvalue weighted by atomic mass is 16.5. The predicted molar refractivity (Wildman–Crippen MR) is 74.8 cm³/mol. The highest BCUT2D eigenvalue weighted by molar-refractivity contribution is 5.31. The molecule has 17 heavy (non-hydrogen) atoms. The van der Waals surface area contributed by atoms with Crippen molar-refractivity contribution in [1.82, 2.24) is 0 Å². The topological polar surface area (TPSA) is 9.23 Å². The van der Waals surface area contributed by atoms with Gasteiger partial charge in [0.15, 0.2) is 0 Å². The van der Waals surface area contributed by atoms with Gasteiger partial charge >= 0.3 is 0 Å². The second kappa shape index (κ2) is 6.68. The number of hydrogen-bond donors (Lipinski definition) is 0. The number of hydrogen-bond acceptors (Lipinski definition) is 1. The van der Waals surface area contributed by atoms with E-state index in [0.717, 1.165) is 25.2 Å². The Morgan fingerprint density at radius 3 is 2.18 bits per heavy atom. The maximum absolute atomic E-state index is 5.71. The van der Waals surface area contributed by atoms with Gasteiger partial charge in [-0.2, -0.15) is 0 Å². The summed E-state index contributed by atoms with van der Waals surface area (Å²) in [4.78, 5) is 0. The first-order chi connectivity index (χ1) is 8.10. The summed E-state index contributed by atoms with van der Waals surface area (Å²) in [6.07, 6.45) is 4.80. The van der Waals surface area contributed by atoms with Gasteiger partial charge in [0, 0.05) is 0 Å². The van der Waals surface area contributed by atoms with E-state index in [1.54, 1.807) is 0 Å². The molecule has 1 heteroatoms. The first kappa shape index (κ1) is 14.1. The molecular weight excluding hydrogens is 208 g/mol. The van der Waals surface area contributed by atoms with Crippen molar-refractivity contribution >= 4 is 0 Å². The largest absolute Gasteiger partial charge is 0.494 e. The monoisotopic (exact) mass is 234 g/mol. The SMILES string of the molecule is CCCCCOc1ccc(C(C)(C)CC)cc1. The molecule has 0 spiro atoms. The van der Waals surface area contributed by atoms with Crippen molar-refractivity contribution in [3.63, 3.8) is 0 Å². The van der Waals surface area contributed by atoms with Crippen molar-refractivity contribution in [2.75, 3.05) is 6.61 Å². The van der Waals surface area contributed by atoms with Crippen LogP contribution in [0, 0.1) is 0 Å². The van der Waals surface area contributed by atoms with E-state index in [9.17, 15) is 0 Å². The molecule has 1 rings (SSSR count). The molecule has 0 amide bonds. The van der Waals surface area contributed by atoms with Gasteiger partial charge in [0.25, 0.3) is 0 Å². The highest BCUT2D eigenvalue weighted by Gasteiger charge is 2.17. The van der Waals surface area contributed by atoms with Gasteiger partial charge in [0.2, 0.25) is 0 Å². The van der Waals surface area contributed by atoms with Crippen LogP contribution >= 0.6 is 0 Å². The van der Waals surface area contributed by atoms with E-state index in [2.05, 4.69) is 52.0 Å². The lowest BCUT2D eigenvalue weighted by atomic mass is 9.82. The minimum Gasteiger partial charge on any atom is -0.494 e. The third-order valence-corrected chi connectivity index (χ3v) is 3.54.